The predicted molar refractivity (Wildman–Crippen MR) is 81.9 cm³/mol. The minimum atomic E-state index is -3.31. The zero-order valence-corrected chi connectivity index (χ0v) is 14.0. The highest BCUT2D eigenvalue weighted by Gasteiger charge is 2.32. The molecule has 128 valence electrons. The van der Waals surface area contributed by atoms with Crippen LogP contribution in [0.5, 0.6) is 0 Å². The van der Waals surface area contributed by atoms with Crippen LogP contribution in [-0.4, -0.2) is 62.4 Å². The number of piperidine rings is 1. The summed E-state index contributed by atoms with van der Waals surface area (Å²) >= 11 is 0. The lowest BCUT2D eigenvalue weighted by molar-refractivity contribution is -0.143. The van der Waals surface area contributed by atoms with Crippen molar-refractivity contribution in [3.8, 4) is 0 Å². The Morgan fingerprint density at radius 1 is 1.36 bits per heavy atom. The van der Waals surface area contributed by atoms with E-state index in [2.05, 4.69) is 10.0 Å². The van der Waals surface area contributed by atoms with Gasteiger partial charge in [0.25, 0.3) is 0 Å². The molecule has 3 N–H and O–H groups in total. The fraction of sp³-hybridized carbons (Fsp3) is 0.846. The number of rotatable bonds is 6. The fourth-order valence-electron chi connectivity index (χ4n) is 2.51. The SMILES string of the molecule is CCC(CNS(C)(=O)=O)NC(=O)N1CC(C)CC(C(=O)O)C1. The number of hydrogen-bond donors (Lipinski definition) is 3. The molecular formula is C13H25N3O5S. The molecule has 1 fully saturated rings. The zero-order valence-electron chi connectivity index (χ0n) is 13.2. The minimum absolute atomic E-state index is 0.118. The van der Waals surface area contributed by atoms with Crippen LogP contribution in [0.2, 0.25) is 0 Å². The third-order valence-electron chi connectivity index (χ3n) is 3.71. The van der Waals surface area contributed by atoms with Gasteiger partial charge in [0.2, 0.25) is 10.0 Å². The number of aliphatic carboxylic acids is 1. The molecule has 3 unspecified atom stereocenters. The van der Waals surface area contributed by atoms with Crippen LogP contribution in [0, 0.1) is 11.8 Å². The summed E-state index contributed by atoms with van der Waals surface area (Å²) in [5.41, 5.74) is 0. The van der Waals surface area contributed by atoms with Crippen molar-refractivity contribution < 1.29 is 23.1 Å². The molecule has 2 amide bonds. The fourth-order valence-corrected chi connectivity index (χ4v) is 3.02. The van der Waals surface area contributed by atoms with E-state index in [-0.39, 0.29) is 31.1 Å². The molecule has 0 aromatic carbocycles. The summed E-state index contributed by atoms with van der Waals surface area (Å²) in [6, 6.07) is -0.678. The van der Waals surface area contributed by atoms with E-state index in [4.69, 9.17) is 5.11 Å². The molecule has 0 bridgehead atoms. The van der Waals surface area contributed by atoms with Crippen molar-refractivity contribution in [2.24, 2.45) is 11.8 Å². The first kappa shape index (κ1) is 18.7. The second-order valence-electron chi connectivity index (χ2n) is 5.96. The van der Waals surface area contributed by atoms with Crippen molar-refractivity contribution in [3.05, 3.63) is 0 Å². The van der Waals surface area contributed by atoms with E-state index >= 15 is 0 Å². The summed E-state index contributed by atoms with van der Waals surface area (Å²) in [4.78, 5) is 24.9. The molecule has 0 spiro atoms. The maximum Gasteiger partial charge on any atom is 0.317 e. The van der Waals surface area contributed by atoms with Gasteiger partial charge in [-0.25, -0.2) is 17.9 Å². The second kappa shape index (κ2) is 7.77. The van der Waals surface area contributed by atoms with Crippen LogP contribution < -0.4 is 10.0 Å². The van der Waals surface area contributed by atoms with Crippen LogP contribution in [0.25, 0.3) is 0 Å². The van der Waals surface area contributed by atoms with Gasteiger partial charge in [-0.3, -0.25) is 4.79 Å². The van der Waals surface area contributed by atoms with Crippen molar-refractivity contribution in [1.29, 1.82) is 0 Å². The summed E-state index contributed by atoms with van der Waals surface area (Å²) < 4.78 is 24.6. The van der Waals surface area contributed by atoms with Crippen LogP contribution in [0.1, 0.15) is 26.7 Å². The molecule has 0 saturated carbocycles. The number of carbonyl (C=O) groups is 2. The molecule has 1 aliphatic rings. The molecule has 1 rings (SSSR count). The molecule has 0 aliphatic carbocycles. The lowest BCUT2D eigenvalue weighted by Crippen LogP contribution is -2.53. The first-order valence-electron chi connectivity index (χ1n) is 7.35. The first-order chi connectivity index (χ1) is 10.1. The summed E-state index contributed by atoms with van der Waals surface area (Å²) in [5, 5.41) is 11.9. The van der Waals surface area contributed by atoms with E-state index < -0.39 is 21.9 Å². The Morgan fingerprint density at radius 2 is 2.00 bits per heavy atom. The standard InChI is InChI=1S/C13H25N3O5S/c1-4-11(6-14-22(3,20)21)15-13(19)16-7-9(2)5-10(8-16)12(17)18/h9-11,14H,4-8H2,1-3H3,(H,15,19)(H,17,18). The molecule has 1 aliphatic heterocycles. The molecule has 22 heavy (non-hydrogen) atoms. The molecule has 1 saturated heterocycles. The normalized spacial score (nSPS) is 23.9. The molecule has 0 aromatic heterocycles. The third kappa shape index (κ3) is 6.18. The van der Waals surface area contributed by atoms with Gasteiger partial charge in [0.1, 0.15) is 0 Å². The van der Waals surface area contributed by atoms with Crippen molar-refractivity contribution in [2.45, 2.75) is 32.7 Å². The smallest absolute Gasteiger partial charge is 0.317 e. The number of hydrogen-bond acceptors (Lipinski definition) is 4. The van der Waals surface area contributed by atoms with Gasteiger partial charge in [-0.15, -0.1) is 0 Å². The summed E-state index contributed by atoms with van der Waals surface area (Å²) in [6.07, 6.45) is 2.19. The molecule has 0 aromatic rings. The van der Waals surface area contributed by atoms with Crippen LogP contribution in [-0.2, 0) is 14.8 Å². The van der Waals surface area contributed by atoms with Crippen LogP contribution in [0.3, 0.4) is 0 Å². The number of likely N-dealkylation sites (tertiary alicyclic amines) is 1. The van der Waals surface area contributed by atoms with Crippen molar-refractivity contribution >= 4 is 22.0 Å². The maximum atomic E-state index is 12.3. The van der Waals surface area contributed by atoms with Crippen molar-refractivity contribution in [3.63, 3.8) is 0 Å². The molecule has 0 radical (unpaired) electrons. The number of sulfonamides is 1. The molecule has 3 atom stereocenters. The summed E-state index contributed by atoms with van der Waals surface area (Å²) in [7, 11) is -3.31. The third-order valence-corrected chi connectivity index (χ3v) is 4.40. The van der Waals surface area contributed by atoms with Gasteiger partial charge in [-0.05, 0) is 18.8 Å². The maximum absolute atomic E-state index is 12.3. The average molecular weight is 335 g/mol. The highest BCUT2D eigenvalue weighted by molar-refractivity contribution is 7.88. The van der Waals surface area contributed by atoms with E-state index in [0.717, 1.165) is 6.26 Å². The van der Waals surface area contributed by atoms with Gasteiger partial charge in [-0.1, -0.05) is 13.8 Å². The van der Waals surface area contributed by atoms with E-state index in [9.17, 15) is 18.0 Å². The number of nitrogens with zero attached hydrogens (tertiary/aromatic N) is 1. The minimum Gasteiger partial charge on any atom is -0.481 e. The number of carboxylic acids is 1. The van der Waals surface area contributed by atoms with Crippen LogP contribution in [0.15, 0.2) is 0 Å². The van der Waals surface area contributed by atoms with Gasteiger partial charge in [0, 0.05) is 25.7 Å². The van der Waals surface area contributed by atoms with E-state index in [1.165, 1.54) is 4.90 Å². The van der Waals surface area contributed by atoms with Gasteiger partial charge in [0.15, 0.2) is 0 Å². The van der Waals surface area contributed by atoms with Gasteiger partial charge in [-0.2, -0.15) is 0 Å². The molecule has 9 heteroatoms. The Bertz CT molecular complexity index is 508. The predicted octanol–water partition coefficient (Wildman–Crippen LogP) is 0.0664. The van der Waals surface area contributed by atoms with Crippen LogP contribution in [0.4, 0.5) is 4.79 Å². The first-order valence-corrected chi connectivity index (χ1v) is 9.24. The van der Waals surface area contributed by atoms with Crippen LogP contribution >= 0.6 is 0 Å². The van der Waals surface area contributed by atoms with Gasteiger partial charge >= 0.3 is 12.0 Å². The molecule has 8 nitrogen and oxygen atoms in total. The Morgan fingerprint density at radius 3 is 2.50 bits per heavy atom. The van der Waals surface area contributed by atoms with Gasteiger partial charge in [0.05, 0.1) is 12.2 Å². The zero-order chi connectivity index (χ0) is 16.9. The lowest BCUT2D eigenvalue weighted by atomic mass is 9.91. The Labute approximate surface area is 131 Å². The van der Waals surface area contributed by atoms with E-state index in [0.29, 0.717) is 19.4 Å². The Hall–Kier alpha value is -1.35. The Kier molecular flexibility index (Phi) is 6.61. The summed E-state index contributed by atoms with van der Waals surface area (Å²) in [5.74, 6) is -1.33. The van der Waals surface area contributed by atoms with E-state index in [1.807, 2.05) is 13.8 Å². The highest BCUT2D eigenvalue weighted by Crippen LogP contribution is 2.21. The Balaban J connectivity index is 2.59. The van der Waals surface area contributed by atoms with E-state index in [1.54, 1.807) is 0 Å². The molecular weight excluding hydrogens is 310 g/mol. The lowest BCUT2D eigenvalue weighted by Gasteiger charge is -2.35. The molecule has 1 heterocycles. The number of nitrogens with one attached hydrogen (secondary N) is 2. The number of carboxylic acid groups (broad SMARTS) is 1. The number of amides is 2. The number of carbonyl (C=O) groups excluding carboxylic acids is 1. The van der Waals surface area contributed by atoms with Crippen molar-refractivity contribution in [1.82, 2.24) is 14.9 Å². The monoisotopic (exact) mass is 335 g/mol. The average Bonchev–Trinajstić information content (AvgIpc) is 2.41. The van der Waals surface area contributed by atoms with Gasteiger partial charge < -0.3 is 15.3 Å². The topological polar surface area (TPSA) is 116 Å². The second-order valence-corrected chi connectivity index (χ2v) is 7.79. The highest BCUT2D eigenvalue weighted by atomic mass is 32.2. The number of urea groups is 1. The summed E-state index contributed by atoms with van der Waals surface area (Å²) in [6.45, 7) is 4.56. The quantitative estimate of drug-likeness (QED) is 0.635. The van der Waals surface area contributed by atoms with Crippen molar-refractivity contribution in [2.75, 3.05) is 25.9 Å². The largest absolute Gasteiger partial charge is 0.481 e.